The zero-order valence-corrected chi connectivity index (χ0v) is 9.35. The van der Waals surface area contributed by atoms with Crippen molar-refractivity contribution in [1.82, 2.24) is 0 Å². The SMILES string of the molecule is CS/C=N/c1cc(C)c(C#N)c(C)c1. The summed E-state index contributed by atoms with van der Waals surface area (Å²) >= 11 is 1.56. The summed E-state index contributed by atoms with van der Waals surface area (Å²) in [6.45, 7) is 3.87. The molecule has 14 heavy (non-hydrogen) atoms. The van der Waals surface area contributed by atoms with Crippen molar-refractivity contribution in [3.8, 4) is 6.07 Å². The molecule has 0 aliphatic heterocycles. The first-order valence-corrected chi connectivity index (χ1v) is 5.54. The van der Waals surface area contributed by atoms with E-state index < -0.39 is 0 Å². The Bertz CT molecular complexity index is 379. The third-order valence-electron chi connectivity index (χ3n) is 1.94. The average Bonchev–Trinajstić information content (AvgIpc) is 2.14. The molecule has 0 aromatic heterocycles. The number of thioether (sulfide) groups is 1. The Hall–Kier alpha value is -1.27. The molecule has 0 aliphatic carbocycles. The predicted molar refractivity (Wildman–Crippen MR) is 62.3 cm³/mol. The largest absolute Gasteiger partial charge is 0.250 e. The molecule has 0 radical (unpaired) electrons. The lowest BCUT2D eigenvalue weighted by Gasteiger charge is -2.03. The third kappa shape index (κ3) is 2.36. The Labute approximate surface area is 88.7 Å². The first kappa shape index (κ1) is 10.8. The second-order valence-electron chi connectivity index (χ2n) is 3.04. The maximum absolute atomic E-state index is 8.87. The van der Waals surface area contributed by atoms with Crippen molar-refractivity contribution in [2.45, 2.75) is 13.8 Å². The van der Waals surface area contributed by atoms with Gasteiger partial charge in [0.25, 0.3) is 0 Å². The van der Waals surface area contributed by atoms with E-state index in [0.717, 1.165) is 22.4 Å². The Kier molecular flexibility index (Phi) is 3.73. The second kappa shape index (κ2) is 4.83. The van der Waals surface area contributed by atoms with Crippen molar-refractivity contribution in [3.63, 3.8) is 0 Å². The van der Waals surface area contributed by atoms with Crippen LogP contribution in [-0.4, -0.2) is 11.8 Å². The predicted octanol–water partition coefficient (Wildman–Crippen LogP) is 3.20. The molecule has 1 rings (SSSR count). The molecule has 0 fully saturated rings. The minimum absolute atomic E-state index is 0.758. The highest BCUT2D eigenvalue weighted by Gasteiger charge is 2.02. The van der Waals surface area contributed by atoms with Crippen LogP contribution in [0.4, 0.5) is 5.69 Å². The fourth-order valence-corrected chi connectivity index (χ4v) is 1.53. The molecule has 0 bridgehead atoms. The van der Waals surface area contributed by atoms with Crippen LogP contribution in [0.15, 0.2) is 17.1 Å². The normalized spacial score (nSPS) is 10.4. The Morgan fingerprint density at radius 1 is 1.36 bits per heavy atom. The fourth-order valence-electron chi connectivity index (χ4n) is 1.31. The molecular formula is C11H12N2S. The van der Waals surface area contributed by atoms with Gasteiger partial charge in [-0.3, -0.25) is 4.99 Å². The van der Waals surface area contributed by atoms with Crippen LogP contribution in [-0.2, 0) is 0 Å². The number of hydrogen-bond acceptors (Lipinski definition) is 3. The lowest BCUT2D eigenvalue weighted by atomic mass is 10.0. The highest BCUT2D eigenvalue weighted by atomic mass is 32.2. The molecule has 0 heterocycles. The number of benzene rings is 1. The van der Waals surface area contributed by atoms with Gasteiger partial charge < -0.3 is 0 Å². The standard InChI is InChI=1S/C11H12N2S/c1-8-4-10(13-7-14-3)5-9(2)11(8)6-12/h4-5,7H,1-3H3/b13-7+. The number of nitrogens with zero attached hydrogens (tertiary/aromatic N) is 2. The summed E-state index contributed by atoms with van der Waals surface area (Å²) in [5, 5.41) is 8.87. The smallest absolute Gasteiger partial charge is 0.0997 e. The summed E-state index contributed by atoms with van der Waals surface area (Å²) in [5.41, 5.74) is 5.43. The molecule has 2 nitrogen and oxygen atoms in total. The summed E-state index contributed by atoms with van der Waals surface area (Å²) in [7, 11) is 0. The molecule has 0 unspecified atom stereocenters. The van der Waals surface area contributed by atoms with Crippen molar-refractivity contribution in [2.75, 3.05) is 6.26 Å². The molecule has 3 heteroatoms. The van der Waals surface area contributed by atoms with E-state index in [1.165, 1.54) is 0 Å². The van der Waals surface area contributed by atoms with Crippen LogP contribution in [0.3, 0.4) is 0 Å². The fraction of sp³-hybridized carbons (Fsp3) is 0.273. The minimum atomic E-state index is 0.758. The summed E-state index contributed by atoms with van der Waals surface area (Å²) in [6.07, 6.45) is 1.97. The molecule has 0 spiro atoms. The first-order valence-electron chi connectivity index (χ1n) is 4.25. The van der Waals surface area contributed by atoms with Gasteiger partial charge in [0.1, 0.15) is 0 Å². The Morgan fingerprint density at radius 3 is 2.36 bits per heavy atom. The number of aliphatic imine (C=N–C) groups is 1. The van der Waals surface area contributed by atoms with Crippen molar-refractivity contribution in [1.29, 1.82) is 5.26 Å². The van der Waals surface area contributed by atoms with Gasteiger partial charge in [0.2, 0.25) is 0 Å². The van der Waals surface area contributed by atoms with Gasteiger partial charge in [-0.1, -0.05) is 0 Å². The van der Waals surface area contributed by atoms with Crippen LogP contribution >= 0.6 is 11.8 Å². The molecule has 0 N–H and O–H groups in total. The van der Waals surface area contributed by atoms with Gasteiger partial charge >= 0.3 is 0 Å². The van der Waals surface area contributed by atoms with E-state index >= 15 is 0 Å². The molecule has 0 atom stereocenters. The van der Waals surface area contributed by atoms with Crippen LogP contribution in [0.25, 0.3) is 0 Å². The second-order valence-corrected chi connectivity index (χ2v) is 3.72. The van der Waals surface area contributed by atoms with E-state index in [1.54, 1.807) is 17.3 Å². The maximum atomic E-state index is 8.87. The minimum Gasteiger partial charge on any atom is -0.250 e. The van der Waals surface area contributed by atoms with Crippen LogP contribution in [0.2, 0.25) is 0 Å². The molecular weight excluding hydrogens is 192 g/mol. The average molecular weight is 204 g/mol. The summed E-state index contributed by atoms with van der Waals surface area (Å²) in [5.74, 6) is 0. The zero-order valence-electron chi connectivity index (χ0n) is 8.53. The lowest BCUT2D eigenvalue weighted by Crippen LogP contribution is -1.86. The highest BCUT2D eigenvalue weighted by molar-refractivity contribution is 8.11. The van der Waals surface area contributed by atoms with Crippen molar-refractivity contribution in [3.05, 3.63) is 28.8 Å². The number of rotatable bonds is 2. The molecule has 0 aliphatic rings. The monoisotopic (exact) mass is 204 g/mol. The maximum Gasteiger partial charge on any atom is 0.0997 e. The third-order valence-corrected chi connectivity index (χ3v) is 2.25. The molecule has 0 saturated heterocycles. The van der Waals surface area contributed by atoms with E-state index in [0.29, 0.717) is 0 Å². The first-order chi connectivity index (χ1) is 6.69. The summed E-state index contributed by atoms with van der Waals surface area (Å²) in [4.78, 5) is 4.25. The number of nitriles is 1. The van der Waals surface area contributed by atoms with Gasteiger partial charge in [-0.2, -0.15) is 5.26 Å². The molecule has 1 aromatic rings. The Balaban J connectivity index is 3.16. The van der Waals surface area contributed by atoms with Gasteiger partial charge in [0, 0.05) is 0 Å². The topological polar surface area (TPSA) is 36.1 Å². The Morgan fingerprint density at radius 2 is 1.93 bits per heavy atom. The van der Waals surface area contributed by atoms with Gasteiger partial charge in [-0.25, -0.2) is 0 Å². The quantitative estimate of drug-likeness (QED) is 0.548. The van der Waals surface area contributed by atoms with Gasteiger partial charge in [-0.15, -0.1) is 11.8 Å². The van der Waals surface area contributed by atoms with E-state index in [2.05, 4.69) is 11.1 Å². The zero-order chi connectivity index (χ0) is 10.6. The van der Waals surface area contributed by atoms with E-state index in [-0.39, 0.29) is 0 Å². The van der Waals surface area contributed by atoms with E-state index in [4.69, 9.17) is 5.26 Å². The van der Waals surface area contributed by atoms with Crippen LogP contribution in [0.5, 0.6) is 0 Å². The molecule has 72 valence electrons. The molecule has 0 saturated carbocycles. The van der Waals surface area contributed by atoms with Crippen LogP contribution in [0.1, 0.15) is 16.7 Å². The van der Waals surface area contributed by atoms with Gasteiger partial charge in [0.15, 0.2) is 0 Å². The number of aryl methyl sites for hydroxylation is 2. The van der Waals surface area contributed by atoms with Crippen molar-refractivity contribution in [2.24, 2.45) is 4.99 Å². The lowest BCUT2D eigenvalue weighted by molar-refractivity contribution is 1.31. The van der Waals surface area contributed by atoms with Gasteiger partial charge in [-0.05, 0) is 43.4 Å². The van der Waals surface area contributed by atoms with Crippen LogP contribution < -0.4 is 0 Å². The van der Waals surface area contributed by atoms with E-state index in [1.807, 2.05) is 32.2 Å². The van der Waals surface area contributed by atoms with Crippen LogP contribution in [0, 0.1) is 25.2 Å². The molecule has 0 amide bonds. The van der Waals surface area contributed by atoms with Crippen molar-refractivity contribution < 1.29 is 0 Å². The van der Waals surface area contributed by atoms with Crippen molar-refractivity contribution >= 4 is 23.0 Å². The summed E-state index contributed by atoms with van der Waals surface area (Å²) < 4.78 is 0. The van der Waals surface area contributed by atoms with E-state index in [9.17, 15) is 0 Å². The highest BCUT2D eigenvalue weighted by Crippen LogP contribution is 2.21. The number of hydrogen-bond donors (Lipinski definition) is 0. The van der Waals surface area contributed by atoms with Gasteiger partial charge in [0.05, 0.1) is 22.9 Å². The molecule has 1 aromatic carbocycles. The summed E-state index contributed by atoms with van der Waals surface area (Å²) in [6, 6.07) is 6.05.